The second-order valence-electron chi connectivity index (χ2n) is 4.89. The maximum absolute atomic E-state index is 12.2. The number of alkyl halides is 3. The van der Waals surface area contributed by atoms with Crippen LogP contribution in [0, 0.1) is 5.41 Å². The highest BCUT2D eigenvalue weighted by atomic mass is 79.9. The number of halogens is 4. The van der Waals surface area contributed by atoms with E-state index in [0.29, 0.717) is 10.2 Å². The third kappa shape index (κ3) is 5.44. The van der Waals surface area contributed by atoms with E-state index < -0.39 is 10.9 Å². The molecule has 0 atom stereocenters. The van der Waals surface area contributed by atoms with E-state index in [1.54, 1.807) is 20.8 Å². The van der Waals surface area contributed by atoms with Gasteiger partial charge in [-0.15, -0.1) is 0 Å². The highest BCUT2D eigenvalue weighted by Crippen LogP contribution is 2.39. The Morgan fingerprint density at radius 3 is 2.26 bits per heavy atom. The zero-order chi connectivity index (χ0) is 14.8. The van der Waals surface area contributed by atoms with Gasteiger partial charge in [0.1, 0.15) is 0 Å². The monoisotopic (exact) mass is 355 g/mol. The Morgan fingerprint density at radius 2 is 1.84 bits per heavy atom. The fourth-order valence-corrected chi connectivity index (χ4v) is 2.31. The SMILES string of the molecule is CC(C)(C)C(=O)Nc1ccc(SC(F)(F)F)cc1Br. The summed E-state index contributed by atoms with van der Waals surface area (Å²) in [6, 6.07) is 4.10. The first-order valence-corrected chi connectivity index (χ1v) is 6.97. The van der Waals surface area contributed by atoms with Gasteiger partial charge in [-0.1, -0.05) is 20.8 Å². The largest absolute Gasteiger partial charge is 0.446 e. The molecule has 0 radical (unpaired) electrons. The van der Waals surface area contributed by atoms with Crippen LogP contribution in [0.4, 0.5) is 18.9 Å². The van der Waals surface area contributed by atoms with Gasteiger partial charge in [0.25, 0.3) is 0 Å². The average molecular weight is 356 g/mol. The smallest absolute Gasteiger partial charge is 0.325 e. The van der Waals surface area contributed by atoms with Crippen molar-refractivity contribution in [2.75, 3.05) is 5.32 Å². The van der Waals surface area contributed by atoms with Crippen molar-refractivity contribution < 1.29 is 18.0 Å². The van der Waals surface area contributed by atoms with Gasteiger partial charge in [-0.2, -0.15) is 13.2 Å². The zero-order valence-corrected chi connectivity index (χ0v) is 13.0. The van der Waals surface area contributed by atoms with Crippen molar-refractivity contribution >= 4 is 39.3 Å². The molecule has 7 heteroatoms. The highest BCUT2D eigenvalue weighted by Gasteiger charge is 2.29. The predicted molar refractivity (Wildman–Crippen MR) is 74.1 cm³/mol. The molecule has 0 unspecified atom stereocenters. The van der Waals surface area contributed by atoms with Crippen LogP contribution in [-0.4, -0.2) is 11.4 Å². The van der Waals surface area contributed by atoms with Crippen LogP contribution in [0.3, 0.4) is 0 Å². The summed E-state index contributed by atoms with van der Waals surface area (Å²) in [5.41, 5.74) is -4.44. The molecule has 1 aromatic carbocycles. The van der Waals surface area contributed by atoms with E-state index in [4.69, 9.17) is 0 Å². The van der Waals surface area contributed by atoms with E-state index in [1.165, 1.54) is 18.2 Å². The minimum absolute atomic E-state index is 0.0631. The first-order valence-electron chi connectivity index (χ1n) is 5.36. The number of carbonyl (C=O) groups excluding carboxylic acids is 1. The number of amides is 1. The topological polar surface area (TPSA) is 29.1 Å². The Kier molecular flexibility index (Phi) is 4.95. The van der Waals surface area contributed by atoms with Crippen LogP contribution >= 0.6 is 27.7 Å². The summed E-state index contributed by atoms with van der Waals surface area (Å²) < 4.78 is 37.1. The third-order valence-electron chi connectivity index (χ3n) is 2.10. The maximum atomic E-state index is 12.2. The molecular formula is C12H13BrF3NOS. The lowest BCUT2D eigenvalue weighted by Crippen LogP contribution is -2.27. The summed E-state index contributed by atoms with van der Waals surface area (Å²) in [6.45, 7) is 5.26. The van der Waals surface area contributed by atoms with Gasteiger partial charge in [0.05, 0.1) is 5.69 Å². The molecule has 0 heterocycles. The van der Waals surface area contributed by atoms with Gasteiger partial charge in [0.2, 0.25) is 5.91 Å². The summed E-state index contributed by atoms with van der Waals surface area (Å²) in [7, 11) is 0. The standard InChI is InChI=1S/C12H13BrF3NOS/c1-11(2,3)10(18)17-9-5-4-7(6-8(9)13)19-12(14,15)16/h4-6H,1-3H3,(H,17,18). The Labute approximate surface area is 122 Å². The Balaban J connectivity index is 2.87. The molecule has 0 aromatic heterocycles. The predicted octanol–water partition coefficient (Wildman–Crippen LogP) is 5.05. The van der Waals surface area contributed by atoms with Crippen molar-refractivity contribution in [3.05, 3.63) is 22.7 Å². The first-order chi connectivity index (χ1) is 8.49. The second-order valence-corrected chi connectivity index (χ2v) is 6.89. The van der Waals surface area contributed by atoms with Crippen LogP contribution in [0.5, 0.6) is 0 Å². The minimum atomic E-state index is -4.32. The van der Waals surface area contributed by atoms with Crippen molar-refractivity contribution in [1.29, 1.82) is 0 Å². The van der Waals surface area contributed by atoms with E-state index >= 15 is 0 Å². The number of hydrogen-bond donors (Lipinski definition) is 1. The van der Waals surface area contributed by atoms with E-state index in [-0.39, 0.29) is 22.6 Å². The molecule has 0 bridgehead atoms. The molecule has 0 aliphatic rings. The number of nitrogens with one attached hydrogen (secondary N) is 1. The summed E-state index contributed by atoms with van der Waals surface area (Å²) >= 11 is 2.96. The molecule has 1 rings (SSSR count). The van der Waals surface area contributed by atoms with Crippen molar-refractivity contribution in [3.8, 4) is 0 Å². The van der Waals surface area contributed by atoms with E-state index in [1.807, 2.05) is 0 Å². The summed E-state index contributed by atoms with van der Waals surface area (Å²) in [5, 5.41) is 2.66. The van der Waals surface area contributed by atoms with Crippen LogP contribution in [0.1, 0.15) is 20.8 Å². The molecule has 0 aliphatic carbocycles. The van der Waals surface area contributed by atoms with Crippen LogP contribution in [0.15, 0.2) is 27.6 Å². The lowest BCUT2D eigenvalue weighted by Gasteiger charge is -2.18. The first kappa shape index (κ1) is 16.4. The van der Waals surface area contributed by atoms with Crippen molar-refractivity contribution in [2.24, 2.45) is 5.41 Å². The van der Waals surface area contributed by atoms with Crippen LogP contribution in [-0.2, 0) is 4.79 Å². The average Bonchev–Trinajstić information content (AvgIpc) is 2.18. The molecule has 0 spiro atoms. The fourth-order valence-electron chi connectivity index (χ4n) is 1.10. The molecule has 1 aromatic rings. The number of rotatable bonds is 2. The Morgan fingerprint density at radius 1 is 1.26 bits per heavy atom. The number of thioether (sulfide) groups is 1. The fraction of sp³-hybridized carbons (Fsp3) is 0.417. The second kappa shape index (κ2) is 5.75. The molecule has 1 amide bonds. The minimum Gasteiger partial charge on any atom is -0.325 e. The van der Waals surface area contributed by atoms with E-state index in [9.17, 15) is 18.0 Å². The molecule has 2 nitrogen and oxygen atoms in total. The van der Waals surface area contributed by atoms with Crippen LogP contribution in [0.2, 0.25) is 0 Å². The quantitative estimate of drug-likeness (QED) is 0.752. The summed E-state index contributed by atoms with van der Waals surface area (Å²) in [4.78, 5) is 11.8. The molecular weight excluding hydrogens is 343 g/mol. The molecule has 106 valence electrons. The molecule has 0 saturated heterocycles. The van der Waals surface area contributed by atoms with Gasteiger partial charge < -0.3 is 5.32 Å². The number of carbonyl (C=O) groups is 1. The van der Waals surface area contributed by atoms with Crippen LogP contribution < -0.4 is 5.32 Å². The Hall–Kier alpha value is -0.690. The molecule has 1 N–H and O–H groups in total. The summed E-state index contributed by atoms with van der Waals surface area (Å²) in [6.07, 6.45) is 0. The van der Waals surface area contributed by atoms with Crippen molar-refractivity contribution in [3.63, 3.8) is 0 Å². The van der Waals surface area contributed by atoms with Gasteiger partial charge >= 0.3 is 5.51 Å². The Bertz CT molecular complexity index is 483. The van der Waals surface area contributed by atoms with Gasteiger partial charge in [-0.05, 0) is 45.9 Å². The van der Waals surface area contributed by atoms with Crippen molar-refractivity contribution in [2.45, 2.75) is 31.2 Å². The zero-order valence-electron chi connectivity index (χ0n) is 10.6. The molecule has 19 heavy (non-hydrogen) atoms. The molecule has 0 aliphatic heterocycles. The highest BCUT2D eigenvalue weighted by molar-refractivity contribution is 9.10. The van der Waals surface area contributed by atoms with Crippen LogP contribution in [0.25, 0.3) is 0 Å². The van der Waals surface area contributed by atoms with Gasteiger partial charge in [-0.3, -0.25) is 4.79 Å². The normalized spacial score (nSPS) is 12.4. The molecule has 0 saturated carbocycles. The van der Waals surface area contributed by atoms with E-state index in [0.717, 1.165) is 0 Å². The third-order valence-corrected chi connectivity index (χ3v) is 3.48. The number of hydrogen-bond acceptors (Lipinski definition) is 2. The number of benzene rings is 1. The van der Waals surface area contributed by atoms with Crippen molar-refractivity contribution in [1.82, 2.24) is 0 Å². The van der Waals surface area contributed by atoms with Gasteiger partial charge in [0.15, 0.2) is 0 Å². The lowest BCUT2D eigenvalue weighted by atomic mass is 9.95. The summed E-state index contributed by atoms with van der Waals surface area (Å²) in [5.74, 6) is -0.204. The maximum Gasteiger partial charge on any atom is 0.446 e. The van der Waals surface area contributed by atoms with E-state index in [2.05, 4.69) is 21.2 Å². The van der Waals surface area contributed by atoms with Gasteiger partial charge in [-0.25, -0.2) is 0 Å². The van der Waals surface area contributed by atoms with Gasteiger partial charge in [0, 0.05) is 14.8 Å². The molecule has 0 fully saturated rings. The number of anilines is 1. The lowest BCUT2D eigenvalue weighted by molar-refractivity contribution is -0.123.